The van der Waals surface area contributed by atoms with Crippen LogP contribution in [0, 0.1) is 0 Å². The molecule has 0 aromatic carbocycles. The monoisotopic (exact) mass is 169 g/mol. The van der Waals surface area contributed by atoms with Crippen LogP contribution >= 0.6 is 0 Å². The quantitative estimate of drug-likeness (QED) is 0.693. The smallest absolute Gasteiger partial charge is 0.341 e. The van der Waals surface area contributed by atoms with Gasteiger partial charge in [0.1, 0.15) is 5.56 Å². The van der Waals surface area contributed by atoms with Crippen molar-refractivity contribution in [3.05, 3.63) is 11.8 Å². The predicted molar refractivity (Wildman–Crippen MR) is 43.9 cm³/mol. The van der Waals surface area contributed by atoms with Crippen LogP contribution in [0.3, 0.4) is 0 Å². The summed E-state index contributed by atoms with van der Waals surface area (Å²) in [5.41, 5.74) is 5.43. The summed E-state index contributed by atoms with van der Waals surface area (Å²) >= 11 is 0. The van der Waals surface area contributed by atoms with E-state index in [-0.39, 0.29) is 11.4 Å². The van der Waals surface area contributed by atoms with Gasteiger partial charge in [-0.1, -0.05) is 6.92 Å². The van der Waals surface area contributed by atoms with Crippen molar-refractivity contribution in [2.75, 3.05) is 5.73 Å². The molecule has 5 heteroatoms. The zero-order chi connectivity index (χ0) is 9.14. The average molecular weight is 169 g/mol. The Morgan fingerprint density at radius 1 is 1.83 bits per heavy atom. The summed E-state index contributed by atoms with van der Waals surface area (Å²) in [4.78, 5) is 10.5. The number of anilines is 1. The molecule has 1 rings (SSSR count). The number of nitrogen functional groups attached to an aromatic ring is 1. The number of rotatable bonds is 3. The van der Waals surface area contributed by atoms with E-state index in [9.17, 15) is 4.79 Å². The molecule has 0 saturated carbocycles. The Balaban J connectivity index is 2.92. The molecule has 0 fully saturated rings. The molecule has 0 bridgehead atoms. The van der Waals surface area contributed by atoms with Gasteiger partial charge in [0.2, 0.25) is 0 Å². The highest BCUT2D eigenvalue weighted by atomic mass is 16.4. The summed E-state index contributed by atoms with van der Waals surface area (Å²) in [5, 5.41) is 12.4. The molecule has 0 aliphatic heterocycles. The van der Waals surface area contributed by atoms with E-state index in [4.69, 9.17) is 10.8 Å². The highest BCUT2D eigenvalue weighted by Gasteiger charge is 2.11. The number of carbonyl (C=O) groups is 1. The molecule has 0 atom stereocenters. The minimum atomic E-state index is -1.03. The first-order valence-corrected chi connectivity index (χ1v) is 3.71. The molecule has 0 radical (unpaired) electrons. The summed E-state index contributed by atoms with van der Waals surface area (Å²) < 4.78 is 1.54. The lowest BCUT2D eigenvalue weighted by atomic mass is 10.3. The van der Waals surface area contributed by atoms with E-state index in [0.717, 1.165) is 6.42 Å². The largest absolute Gasteiger partial charge is 0.477 e. The number of hydrogen-bond acceptors (Lipinski definition) is 3. The van der Waals surface area contributed by atoms with Gasteiger partial charge in [0.15, 0.2) is 5.82 Å². The summed E-state index contributed by atoms with van der Waals surface area (Å²) in [6.07, 6.45) is 2.35. The number of aryl methyl sites for hydroxylation is 1. The molecule has 0 unspecified atom stereocenters. The van der Waals surface area contributed by atoms with Crippen LogP contribution in [0.25, 0.3) is 0 Å². The van der Waals surface area contributed by atoms with Crippen molar-refractivity contribution in [1.82, 2.24) is 9.78 Å². The molecular weight excluding hydrogens is 158 g/mol. The molecular formula is C7H11N3O2. The molecule has 3 N–H and O–H groups in total. The first-order chi connectivity index (χ1) is 5.65. The van der Waals surface area contributed by atoms with Crippen LogP contribution in [0.4, 0.5) is 5.82 Å². The molecule has 0 saturated heterocycles. The van der Waals surface area contributed by atoms with Crippen molar-refractivity contribution < 1.29 is 9.90 Å². The third-order valence-corrected chi connectivity index (χ3v) is 1.47. The van der Waals surface area contributed by atoms with Gasteiger partial charge in [-0.2, -0.15) is 5.10 Å². The van der Waals surface area contributed by atoms with Gasteiger partial charge in [0.05, 0.1) is 0 Å². The summed E-state index contributed by atoms with van der Waals surface area (Å²) in [7, 11) is 0. The molecule has 1 aromatic heterocycles. The molecule has 66 valence electrons. The molecule has 1 aromatic rings. The van der Waals surface area contributed by atoms with Gasteiger partial charge in [-0.3, -0.25) is 4.68 Å². The highest BCUT2D eigenvalue weighted by molar-refractivity contribution is 5.92. The Bertz CT molecular complexity index is 293. The minimum absolute atomic E-state index is 0.0726. The third kappa shape index (κ3) is 1.55. The van der Waals surface area contributed by atoms with Crippen LogP contribution in [0.5, 0.6) is 0 Å². The first-order valence-electron chi connectivity index (χ1n) is 3.71. The molecule has 0 amide bonds. The molecule has 5 nitrogen and oxygen atoms in total. The highest BCUT2D eigenvalue weighted by Crippen LogP contribution is 2.08. The lowest BCUT2D eigenvalue weighted by Gasteiger charge is -1.93. The first kappa shape index (κ1) is 8.58. The minimum Gasteiger partial charge on any atom is -0.477 e. The van der Waals surface area contributed by atoms with Gasteiger partial charge in [0, 0.05) is 12.7 Å². The number of hydrogen-bond donors (Lipinski definition) is 2. The molecule has 0 spiro atoms. The van der Waals surface area contributed by atoms with E-state index in [1.165, 1.54) is 6.20 Å². The topological polar surface area (TPSA) is 81.1 Å². The fourth-order valence-electron chi connectivity index (χ4n) is 0.945. The number of carboxylic acid groups (broad SMARTS) is 1. The Labute approximate surface area is 69.8 Å². The zero-order valence-corrected chi connectivity index (χ0v) is 6.82. The number of nitrogens with zero attached hydrogens (tertiary/aromatic N) is 2. The van der Waals surface area contributed by atoms with Crippen LogP contribution in [-0.4, -0.2) is 20.9 Å². The van der Waals surface area contributed by atoms with Crippen LogP contribution in [0.15, 0.2) is 6.20 Å². The maximum absolute atomic E-state index is 10.5. The second-order valence-corrected chi connectivity index (χ2v) is 2.50. The number of aromatic carboxylic acids is 1. The second-order valence-electron chi connectivity index (χ2n) is 2.50. The Kier molecular flexibility index (Phi) is 2.32. The normalized spacial score (nSPS) is 10.1. The van der Waals surface area contributed by atoms with Gasteiger partial charge < -0.3 is 10.8 Å². The molecule has 0 aliphatic rings. The number of aromatic nitrogens is 2. The zero-order valence-electron chi connectivity index (χ0n) is 6.82. The van der Waals surface area contributed by atoms with Gasteiger partial charge in [-0.15, -0.1) is 0 Å². The fraction of sp³-hybridized carbons (Fsp3) is 0.429. The van der Waals surface area contributed by atoms with Crippen LogP contribution in [0.2, 0.25) is 0 Å². The lowest BCUT2D eigenvalue weighted by molar-refractivity contribution is 0.0698. The van der Waals surface area contributed by atoms with Crippen LogP contribution < -0.4 is 5.73 Å². The van der Waals surface area contributed by atoms with E-state index in [0.29, 0.717) is 6.54 Å². The Morgan fingerprint density at radius 2 is 2.50 bits per heavy atom. The van der Waals surface area contributed by atoms with E-state index in [2.05, 4.69) is 5.10 Å². The van der Waals surface area contributed by atoms with Crippen molar-refractivity contribution >= 4 is 11.8 Å². The standard InChI is InChI=1S/C7H11N3O2/c1-2-3-10-4-5(7(11)12)6(8)9-10/h4H,2-3H2,1H3,(H2,8,9)(H,11,12). The lowest BCUT2D eigenvalue weighted by Crippen LogP contribution is -1.98. The van der Waals surface area contributed by atoms with Gasteiger partial charge >= 0.3 is 5.97 Å². The van der Waals surface area contributed by atoms with Crippen molar-refractivity contribution in [3.8, 4) is 0 Å². The van der Waals surface area contributed by atoms with E-state index < -0.39 is 5.97 Å². The Hall–Kier alpha value is -1.52. The summed E-state index contributed by atoms with van der Waals surface area (Å²) in [5.74, 6) is -0.953. The predicted octanol–water partition coefficient (Wildman–Crippen LogP) is 0.573. The van der Waals surface area contributed by atoms with Crippen LogP contribution in [0.1, 0.15) is 23.7 Å². The summed E-state index contributed by atoms with van der Waals surface area (Å²) in [6.45, 7) is 2.68. The third-order valence-electron chi connectivity index (χ3n) is 1.47. The van der Waals surface area contributed by atoms with Crippen molar-refractivity contribution in [1.29, 1.82) is 0 Å². The van der Waals surface area contributed by atoms with Gasteiger partial charge in [-0.25, -0.2) is 4.79 Å². The van der Waals surface area contributed by atoms with E-state index in [1.54, 1.807) is 4.68 Å². The van der Waals surface area contributed by atoms with E-state index >= 15 is 0 Å². The van der Waals surface area contributed by atoms with Crippen molar-refractivity contribution in [2.24, 2.45) is 0 Å². The average Bonchev–Trinajstić information content (AvgIpc) is 2.32. The summed E-state index contributed by atoms with van der Waals surface area (Å²) in [6, 6.07) is 0. The number of carboxylic acids is 1. The van der Waals surface area contributed by atoms with Gasteiger partial charge in [0.25, 0.3) is 0 Å². The maximum atomic E-state index is 10.5. The second kappa shape index (κ2) is 3.25. The van der Waals surface area contributed by atoms with Crippen molar-refractivity contribution in [3.63, 3.8) is 0 Å². The molecule has 12 heavy (non-hydrogen) atoms. The molecule has 1 heterocycles. The van der Waals surface area contributed by atoms with Crippen LogP contribution in [-0.2, 0) is 6.54 Å². The Morgan fingerprint density at radius 3 is 2.92 bits per heavy atom. The van der Waals surface area contributed by atoms with Gasteiger partial charge in [-0.05, 0) is 6.42 Å². The fourth-order valence-corrected chi connectivity index (χ4v) is 0.945. The maximum Gasteiger partial charge on any atom is 0.341 e. The van der Waals surface area contributed by atoms with E-state index in [1.807, 2.05) is 6.92 Å². The molecule has 0 aliphatic carbocycles. The van der Waals surface area contributed by atoms with Crippen molar-refractivity contribution in [2.45, 2.75) is 19.9 Å². The number of nitrogens with two attached hydrogens (primary N) is 1. The SMILES string of the molecule is CCCn1cc(C(=O)O)c(N)n1.